The summed E-state index contributed by atoms with van der Waals surface area (Å²) in [6.45, 7) is 0. The van der Waals surface area contributed by atoms with Crippen LogP contribution in [-0.2, 0) is 0 Å². The SMILES string of the molecule is O=C(Cl)c1ccc(S)c([SH]2C=CC=C2)c1.[NaH]. The van der Waals surface area contributed by atoms with Gasteiger partial charge in [-0.1, -0.05) is 12.2 Å². The summed E-state index contributed by atoms with van der Waals surface area (Å²) < 4.78 is 0. The Morgan fingerprint density at radius 2 is 1.88 bits per heavy atom. The van der Waals surface area contributed by atoms with E-state index in [9.17, 15) is 4.79 Å². The van der Waals surface area contributed by atoms with Gasteiger partial charge in [-0.2, -0.15) is 10.9 Å². The second-order valence-corrected chi connectivity index (χ2v) is 5.79. The molecule has 0 saturated carbocycles. The molecule has 16 heavy (non-hydrogen) atoms. The van der Waals surface area contributed by atoms with Crippen LogP contribution >= 0.6 is 35.1 Å². The van der Waals surface area contributed by atoms with E-state index in [1.165, 1.54) is 0 Å². The van der Waals surface area contributed by atoms with Crippen molar-refractivity contribution in [2.75, 3.05) is 0 Å². The van der Waals surface area contributed by atoms with Crippen LogP contribution in [0.25, 0.3) is 0 Å². The van der Waals surface area contributed by atoms with Crippen LogP contribution in [0.1, 0.15) is 10.4 Å². The summed E-state index contributed by atoms with van der Waals surface area (Å²) in [4.78, 5) is 13.0. The minimum atomic E-state index is -0.450. The molecule has 0 amide bonds. The standard InChI is InChI=1S/C11H9ClOS2.Na.H/c12-11(13)8-3-4-9(14)10(7-8)15-5-1-2-6-15;;/h1-7,14-15H;;. The van der Waals surface area contributed by atoms with E-state index in [-0.39, 0.29) is 29.6 Å². The third-order valence-corrected chi connectivity index (χ3v) is 4.78. The van der Waals surface area contributed by atoms with Crippen molar-refractivity contribution in [2.45, 2.75) is 9.79 Å². The first kappa shape index (κ1) is 14.4. The van der Waals surface area contributed by atoms with E-state index in [1.807, 2.05) is 24.3 Å². The average molecular weight is 281 g/mol. The summed E-state index contributed by atoms with van der Waals surface area (Å²) in [6, 6.07) is 5.33. The number of halogens is 1. The molecule has 0 saturated heterocycles. The van der Waals surface area contributed by atoms with Gasteiger partial charge in [-0.3, -0.25) is 4.79 Å². The Kier molecular flexibility index (Phi) is 5.71. The first-order chi connectivity index (χ1) is 7.18. The molecule has 1 aliphatic heterocycles. The average Bonchev–Trinajstić information content (AvgIpc) is 2.71. The second kappa shape index (κ2) is 6.34. The Bertz CT molecular complexity index is 459. The monoisotopic (exact) mass is 280 g/mol. The Morgan fingerprint density at radius 3 is 2.44 bits per heavy atom. The Morgan fingerprint density at radius 1 is 1.25 bits per heavy atom. The first-order valence-corrected chi connectivity index (χ1v) is 6.65. The van der Waals surface area contributed by atoms with E-state index in [1.54, 1.807) is 6.07 Å². The summed E-state index contributed by atoms with van der Waals surface area (Å²) in [7, 11) is -0.450. The van der Waals surface area contributed by atoms with Gasteiger partial charge in [0.25, 0.3) is 5.24 Å². The summed E-state index contributed by atoms with van der Waals surface area (Å²) >= 11 is 9.82. The number of benzene rings is 1. The van der Waals surface area contributed by atoms with Crippen molar-refractivity contribution in [3.05, 3.63) is 46.7 Å². The maximum atomic E-state index is 11.0. The fraction of sp³-hybridized carbons (Fsp3) is 0. The molecular weight excluding hydrogens is 271 g/mol. The zero-order valence-corrected chi connectivity index (χ0v) is 10.3. The van der Waals surface area contributed by atoms with Gasteiger partial charge in [-0.15, -0.1) is 12.6 Å². The van der Waals surface area contributed by atoms with Crippen molar-refractivity contribution in [2.24, 2.45) is 0 Å². The number of thiol groups is 2. The van der Waals surface area contributed by atoms with Crippen molar-refractivity contribution in [3.63, 3.8) is 0 Å². The minimum absolute atomic E-state index is 0. The summed E-state index contributed by atoms with van der Waals surface area (Å²) in [6.07, 6.45) is 4.02. The molecule has 0 spiro atoms. The van der Waals surface area contributed by atoms with Crippen molar-refractivity contribution >= 4 is 69.9 Å². The van der Waals surface area contributed by atoms with Crippen LogP contribution in [0.15, 0.2) is 51.0 Å². The van der Waals surface area contributed by atoms with Crippen LogP contribution in [0, 0.1) is 0 Å². The zero-order chi connectivity index (χ0) is 10.8. The number of carbonyl (C=O) groups excluding carboxylic acids is 1. The molecular formula is C11H10ClNaOS2. The molecule has 1 heterocycles. The van der Waals surface area contributed by atoms with Gasteiger partial charge < -0.3 is 0 Å². The number of hydrogen-bond acceptors (Lipinski definition) is 2. The van der Waals surface area contributed by atoms with Crippen LogP contribution in [-0.4, -0.2) is 34.8 Å². The zero-order valence-electron chi connectivity index (χ0n) is 7.72. The van der Waals surface area contributed by atoms with E-state index in [2.05, 4.69) is 23.4 Å². The molecule has 0 N–H and O–H groups in total. The van der Waals surface area contributed by atoms with Crippen LogP contribution < -0.4 is 0 Å². The Balaban J connectivity index is 0.00000128. The van der Waals surface area contributed by atoms with E-state index >= 15 is 0 Å². The van der Waals surface area contributed by atoms with Crippen molar-refractivity contribution in [1.29, 1.82) is 0 Å². The molecule has 0 aliphatic carbocycles. The molecule has 0 fully saturated rings. The normalized spacial score (nSPS) is 15.0. The van der Waals surface area contributed by atoms with Gasteiger partial charge in [0.1, 0.15) is 0 Å². The molecule has 0 unspecified atom stereocenters. The van der Waals surface area contributed by atoms with Crippen molar-refractivity contribution < 1.29 is 4.79 Å². The van der Waals surface area contributed by atoms with Gasteiger partial charge in [0.15, 0.2) is 0 Å². The fourth-order valence-electron chi connectivity index (χ4n) is 1.35. The predicted octanol–water partition coefficient (Wildman–Crippen LogP) is 3.11. The number of rotatable bonds is 2. The predicted molar refractivity (Wildman–Crippen MR) is 76.6 cm³/mol. The van der Waals surface area contributed by atoms with E-state index in [0.29, 0.717) is 5.56 Å². The van der Waals surface area contributed by atoms with Gasteiger partial charge in [-0.05, 0) is 40.6 Å². The van der Waals surface area contributed by atoms with E-state index in [4.69, 9.17) is 11.6 Å². The van der Waals surface area contributed by atoms with Crippen LogP contribution in [0.2, 0.25) is 0 Å². The van der Waals surface area contributed by atoms with Gasteiger partial charge in [0, 0.05) is 15.4 Å². The molecule has 1 nitrogen and oxygen atoms in total. The number of allylic oxidation sites excluding steroid dienone is 2. The molecule has 1 aliphatic rings. The molecule has 0 bridgehead atoms. The molecule has 2 rings (SSSR count). The third kappa shape index (κ3) is 3.19. The van der Waals surface area contributed by atoms with Crippen LogP contribution in [0.4, 0.5) is 0 Å². The number of hydrogen-bond donors (Lipinski definition) is 2. The Hall–Kier alpha value is 0.360. The van der Waals surface area contributed by atoms with Gasteiger partial charge in [0.05, 0.1) is 0 Å². The quantitative estimate of drug-likeness (QED) is 0.484. The van der Waals surface area contributed by atoms with E-state index in [0.717, 1.165) is 9.79 Å². The molecule has 0 aromatic heterocycles. The fourth-order valence-corrected chi connectivity index (χ4v) is 3.57. The molecule has 80 valence electrons. The number of carbonyl (C=O) groups is 1. The molecule has 1 aromatic rings. The van der Waals surface area contributed by atoms with Crippen molar-refractivity contribution in [1.82, 2.24) is 0 Å². The molecule has 0 atom stereocenters. The van der Waals surface area contributed by atoms with Gasteiger partial charge in [0.2, 0.25) is 0 Å². The Labute approximate surface area is 130 Å². The third-order valence-electron chi connectivity index (χ3n) is 2.08. The summed E-state index contributed by atoms with van der Waals surface area (Å²) in [5, 5.41) is 3.81. The molecule has 1 aromatic carbocycles. The first-order valence-electron chi connectivity index (χ1n) is 4.34. The van der Waals surface area contributed by atoms with Gasteiger partial charge in [-0.25, -0.2) is 0 Å². The second-order valence-electron chi connectivity index (χ2n) is 3.07. The van der Waals surface area contributed by atoms with Crippen LogP contribution in [0.5, 0.6) is 0 Å². The van der Waals surface area contributed by atoms with Crippen molar-refractivity contribution in [3.8, 4) is 0 Å². The topological polar surface area (TPSA) is 17.1 Å². The van der Waals surface area contributed by atoms with Crippen LogP contribution in [0.3, 0.4) is 0 Å². The summed E-state index contributed by atoms with van der Waals surface area (Å²) in [5.41, 5.74) is 0.528. The maximum absolute atomic E-state index is 11.0. The molecule has 5 heteroatoms. The molecule has 0 radical (unpaired) electrons. The van der Waals surface area contributed by atoms with Gasteiger partial charge >= 0.3 is 29.6 Å². The summed E-state index contributed by atoms with van der Waals surface area (Å²) in [5.74, 6) is 0. The van der Waals surface area contributed by atoms with E-state index < -0.39 is 16.1 Å².